The zero-order valence-corrected chi connectivity index (χ0v) is 11.8. The predicted molar refractivity (Wildman–Crippen MR) is 77.2 cm³/mol. The Bertz CT molecular complexity index is 446. The van der Waals surface area contributed by atoms with E-state index in [1.165, 1.54) is 32.1 Å². The molecule has 1 aromatic rings. The van der Waals surface area contributed by atoms with Gasteiger partial charge in [0.25, 0.3) is 0 Å². The molecule has 0 radical (unpaired) electrons. The van der Waals surface area contributed by atoms with Gasteiger partial charge in [0.2, 0.25) is 0 Å². The van der Waals surface area contributed by atoms with Gasteiger partial charge in [-0.25, -0.2) is 4.98 Å². The topological polar surface area (TPSA) is 36.4 Å². The molecule has 3 nitrogen and oxygen atoms in total. The molecule has 3 rings (SSSR count). The maximum atomic E-state index is 9.33. The zero-order valence-electron chi connectivity index (χ0n) is 11.8. The number of anilines is 1. The smallest absolute Gasteiger partial charge is 0.129 e. The summed E-state index contributed by atoms with van der Waals surface area (Å²) in [5.74, 6) is 2.88. The van der Waals surface area contributed by atoms with Crippen LogP contribution in [0, 0.1) is 18.8 Å². The minimum Gasteiger partial charge on any atom is -0.392 e. The summed E-state index contributed by atoms with van der Waals surface area (Å²) in [6.45, 7) is 4.40. The average Bonchev–Trinajstić information content (AvgIpc) is 2.46. The van der Waals surface area contributed by atoms with Gasteiger partial charge in [0.1, 0.15) is 5.82 Å². The predicted octanol–water partition coefficient (Wildman–Crippen LogP) is 2.90. The minimum atomic E-state index is 0.107. The maximum Gasteiger partial charge on any atom is 0.129 e. The van der Waals surface area contributed by atoms with E-state index in [-0.39, 0.29) is 6.61 Å². The van der Waals surface area contributed by atoms with E-state index < -0.39 is 0 Å². The van der Waals surface area contributed by atoms with Gasteiger partial charge in [-0.05, 0) is 49.3 Å². The molecule has 1 aromatic heterocycles. The number of piperidine rings is 1. The van der Waals surface area contributed by atoms with Crippen LogP contribution in [-0.2, 0) is 6.61 Å². The fraction of sp³-hybridized carbons (Fsp3) is 0.688. The van der Waals surface area contributed by atoms with Crippen molar-refractivity contribution in [1.82, 2.24) is 4.98 Å². The Labute approximate surface area is 115 Å². The summed E-state index contributed by atoms with van der Waals surface area (Å²) in [5, 5.41) is 9.33. The van der Waals surface area contributed by atoms with Crippen LogP contribution in [0.25, 0.3) is 0 Å². The van der Waals surface area contributed by atoms with Crippen molar-refractivity contribution in [1.29, 1.82) is 0 Å². The summed E-state index contributed by atoms with van der Waals surface area (Å²) in [7, 11) is 0. The van der Waals surface area contributed by atoms with E-state index in [1.54, 1.807) is 0 Å². The van der Waals surface area contributed by atoms with Crippen molar-refractivity contribution in [2.24, 2.45) is 11.8 Å². The van der Waals surface area contributed by atoms with Crippen LogP contribution < -0.4 is 4.90 Å². The van der Waals surface area contributed by atoms with Crippen LogP contribution in [0.15, 0.2) is 12.1 Å². The second-order valence-corrected chi connectivity index (χ2v) is 6.17. The lowest BCUT2D eigenvalue weighted by Crippen LogP contribution is -2.42. The highest BCUT2D eigenvalue weighted by molar-refractivity contribution is 5.43. The van der Waals surface area contributed by atoms with Crippen LogP contribution in [-0.4, -0.2) is 23.2 Å². The minimum absolute atomic E-state index is 0.107. The van der Waals surface area contributed by atoms with Crippen molar-refractivity contribution < 1.29 is 5.11 Å². The van der Waals surface area contributed by atoms with Gasteiger partial charge in [-0.2, -0.15) is 0 Å². The molecule has 2 fully saturated rings. The van der Waals surface area contributed by atoms with Crippen molar-refractivity contribution in [3.63, 3.8) is 0 Å². The molecule has 1 saturated carbocycles. The molecule has 3 heteroatoms. The zero-order chi connectivity index (χ0) is 13.2. The van der Waals surface area contributed by atoms with Gasteiger partial charge in [0.05, 0.1) is 6.61 Å². The quantitative estimate of drug-likeness (QED) is 0.888. The number of hydrogen-bond donors (Lipinski definition) is 1. The Morgan fingerprint density at radius 2 is 2.00 bits per heavy atom. The molecule has 0 amide bonds. The first kappa shape index (κ1) is 12.9. The van der Waals surface area contributed by atoms with E-state index in [4.69, 9.17) is 0 Å². The summed E-state index contributed by atoms with van der Waals surface area (Å²) in [5.41, 5.74) is 1.99. The first-order valence-electron chi connectivity index (χ1n) is 7.59. The maximum absolute atomic E-state index is 9.33. The third kappa shape index (κ3) is 2.76. The lowest BCUT2D eigenvalue weighted by molar-refractivity contribution is 0.202. The van der Waals surface area contributed by atoms with E-state index >= 15 is 0 Å². The molecule has 19 heavy (non-hydrogen) atoms. The van der Waals surface area contributed by atoms with E-state index in [1.807, 2.05) is 13.0 Å². The molecule has 2 atom stereocenters. The summed E-state index contributed by atoms with van der Waals surface area (Å²) in [4.78, 5) is 7.09. The molecular weight excluding hydrogens is 236 g/mol. The number of hydrogen-bond acceptors (Lipinski definition) is 3. The Kier molecular flexibility index (Phi) is 3.74. The molecule has 0 bridgehead atoms. The fourth-order valence-corrected chi connectivity index (χ4v) is 3.78. The number of fused-ring (bicyclic) bond motifs is 1. The molecule has 1 aliphatic carbocycles. The molecule has 1 saturated heterocycles. The molecule has 2 heterocycles. The van der Waals surface area contributed by atoms with Crippen LogP contribution in [0.3, 0.4) is 0 Å². The number of pyridine rings is 1. The Hall–Kier alpha value is -1.09. The van der Waals surface area contributed by atoms with Crippen LogP contribution >= 0.6 is 0 Å². The molecule has 2 aliphatic rings. The van der Waals surface area contributed by atoms with E-state index in [0.717, 1.165) is 42.0 Å². The lowest BCUT2D eigenvalue weighted by Gasteiger charge is -2.42. The van der Waals surface area contributed by atoms with Gasteiger partial charge in [0.15, 0.2) is 0 Å². The third-order valence-electron chi connectivity index (χ3n) is 4.80. The molecule has 2 unspecified atom stereocenters. The number of nitrogens with zero attached hydrogens (tertiary/aromatic N) is 2. The van der Waals surface area contributed by atoms with Crippen molar-refractivity contribution in [3.8, 4) is 0 Å². The van der Waals surface area contributed by atoms with E-state index in [2.05, 4.69) is 16.0 Å². The monoisotopic (exact) mass is 260 g/mol. The second-order valence-electron chi connectivity index (χ2n) is 6.17. The summed E-state index contributed by atoms with van der Waals surface area (Å²) < 4.78 is 0. The largest absolute Gasteiger partial charge is 0.392 e. The number of aryl methyl sites for hydroxylation is 1. The number of aromatic nitrogens is 1. The second kappa shape index (κ2) is 5.49. The SMILES string of the molecule is Cc1cc(CO)cc(N2CCC3CCCCC3C2)n1. The van der Waals surface area contributed by atoms with Crippen LogP contribution in [0.1, 0.15) is 43.4 Å². The Balaban J connectivity index is 1.77. The van der Waals surface area contributed by atoms with Gasteiger partial charge in [-0.15, -0.1) is 0 Å². The highest BCUT2D eigenvalue weighted by atomic mass is 16.3. The fourth-order valence-electron chi connectivity index (χ4n) is 3.78. The van der Waals surface area contributed by atoms with Crippen molar-refractivity contribution in [2.75, 3.05) is 18.0 Å². The molecule has 0 spiro atoms. The summed E-state index contributed by atoms with van der Waals surface area (Å²) >= 11 is 0. The lowest BCUT2D eigenvalue weighted by atomic mass is 9.75. The van der Waals surface area contributed by atoms with Crippen molar-refractivity contribution >= 4 is 5.82 Å². The van der Waals surface area contributed by atoms with Crippen LogP contribution in [0.5, 0.6) is 0 Å². The van der Waals surface area contributed by atoms with Crippen LogP contribution in [0.4, 0.5) is 5.82 Å². The molecule has 1 N–H and O–H groups in total. The number of aliphatic hydroxyl groups is 1. The van der Waals surface area contributed by atoms with Crippen molar-refractivity contribution in [3.05, 3.63) is 23.4 Å². The first-order chi connectivity index (χ1) is 9.26. The normalized spacial score (nSPS) is 27.2. The number of aliphatic hydroxyl groups excluding tert-OH is 1. The summed E-state index contributed by atoms with van der Waals surface area (Å²) in [6, 6.07) is 4.02. The van der Waals surface area contributed by atoms with E-state index in [9.17, 15) is 5.11 Å². The number of rotatable bonds is 2. The van der Waals surface area contributed by atoms with Gasteiger partial charge < -0.3 is 10.0 Å². The highest BCUT2D eigenvalue weighted by Gasteiger charge is 2.31. The molecular formula is C16H24N2O. The third-order valence-corrected chi connectivity index (χ3v) is 4.80. The van der Waals surface area contributed by atoms with Crippen LogP contribution in [0.2, 0.25) is 0 Å². The Morgan fingerprint density at radius 1 is 1.21 bits per heavy atom. The standard InChI is InChI=1S/C16H24N2O/c1-12-8-13(11-19)9-16(17-12)18-7-6-14-4-2-3-5-15(14)10-18/h8-9,14-15,19H,2-7,10-11H2,1H3. The molecule has 0 aromatic carbocycles. The van der Waals surface area contributed by atoms with Gasteiger partial charge in [0, 0.05) is 18.8 Å². The van der Waals surface area contributed by atoms with Gasteiger partial charge >= 0.3 is 0 Å². The Morgan fingerprint density at radius 3 is 2.79 bits per heavy atom. The highest BCUT2D eigenvalue weighted by Crippen LogP contribution is 2.37. The van der Waals surface area contributed by atoms with Gasteiger partial charge in [-0.1, -0.05) is 19.3 Å². The van der Waals surface area contributed by atoms with E-state index in [0.29, 0.717) is 0 Å². The summed E-state index contributed by atoms with van der Waals surface area (Å²) in [6.07, 6.45) is 6.97. The average molecular weight is 260 g/mol. The molecule has 104 valence electrons. The van der Waals surface area contributed by atoms with Gasteiger partial charge in [-0.3, -0.25) is 0 Å². The first-order valence-corrected chi connectivity index (χ1v) is 7.59. The molecule has 1 aliphatic heterocycles. The van der Waals surface area contributed by atoms with Crippen molar-refractivity contribution in [2.45, 2.75) is 45.6 Å².